The number of carbonyl (C=O) groups is 2. The van der Waals surface area contributed by atoms with Gasteiger partial charge >= 0.3 is 0 Å². The summed E-state index contributed by atoms with van der Waals surface area (Å²) >= 11 is 0. The molecule has 6 nitrogen and oxygen atoms in total. The number of nitrogens with one attached hydrogen (secondary N) is 1. The van der Waals surface area contributed by atoms with Crippen LogP contribution in [-0.4, -0.2) is 30.7 Å². The van der Waals surface area contributed by atoms with Crippen molar-refractivity contribution >= 4 is 18.2 Å². The lowest BCUT2D eigenvalue weighted by atomic mass is 9.86. The van der Waals surface area contributed by atoms with Crippen LogP contribution in [0.1, 0.15) is 47.0 Å². The van der Waals surface area contributed by atoms with Gasteiger partial charge in [0.05, 0.1) is 6.04 Å². The Morgan fingerprint density at radius 1 is 1.24 bits per heavy atom. The molecule has 2 unspecified atom stereocenters. The second kappa shape index (κ2) is 10.2. The van der Waals surface area contributed by atoms with Gasteiger partial charge in [-0.15, -0.1) is 0 Å². The highest BCUT2D eigenvalue weighted by molar-refractivity contribution is 5.82. The lowest BCUT2D eigenvalue weighted by Crippen LogP contribution is -2.42. The Hall–Kier alpha value is -1.59. The van der Waals surface area contributed by atoms with Crippen molar-refractivity contribution in [2.24, 2.45) is 34.2 Å². The summed E-state index contributed by atoms with van der Waals surface area (Å²) in [7, 11) is 0. The Labute approximate surface area is 127 Å². The number of hydrogen-bond donors (Lipinski definition) is 3. The van der Waals surface area contributed by atoms with Crippen molar-refractivity contribution in [3.8, 4) is 0 Å². The van der Waals surface area contributed by atoms with E-state index in [0.717, 1.165) is 12.7 Å². The molecule has 0 aliphatic heterocycles. The molecule has 5 N–H and O–H groups in total. The molecule has 0 aromatic heterocycles. The van der Waals surface area contributed by atoms with Gasteiger partial charge in [0.15, 0.2) is 5.96 Å². The van der Waals surface area contributed by atoms with Gasteiger partial charge in [-0.25, -0.2) is 0 Å². The Bertz CT molecular complexity index is 350. The van der Waals surface area contributed by atoms with E-state index in [1.807, 2.05) is 13.8 Å². The second-order valence-electron chi connectivity index (χ2n) is 6.18. The molecule has 0 rings (SSSR count). The molecule has 0 aliphatic rings. The molecule has 21 heavy (non-hydrogen) atoms. The fourth-order valence-electron chi connectivity index (χ4n) is 2.17. The third-order valence-corrected chi connectivity index (χ3v) is 3.33. The molecule has 0 radical (unpaired) electrons. The molecule has 2 atom stereocenters. The molecular weight excluding hydrogens is 268 g/mol. The number of rotatable bonds is 10. The predicted octanol–water partition coefficient (Wildman–Crippen LogP) is 1.04. The minimum atomic E-state index is -0.472. The molecule has 0 bridgehead atoms. The van der Waals surface area contributed by atoms with E-state index in [1.165, 1.54) is 0 Å². The summed E-state index contributed by atoms with van der Waals surface area (Å²) in [5.41, 5.74) is 10.5. The SMILES string of the molecule is CC(C)CC(C(=O)NC(C=O)CCCN=C(N)N)C(C)C. The van der Waals surface area contributed by atoms with Crippen LogP contribution in [-0.2, 0) is 9.59 Å². The number of nitrogens with zero attached hydrogens (tertiary/aromatic N) is 1. The van der Waals surface area contributed by atoms with Crippen LogP contribution < -0.4 is 16.8 Å². The summed E-state index contributed by atoms with van der Waals surface area (Å²) < 4.78 is 0. The van der Waals surface area contributed by atoms with Crippen LogP contribution in [0.25, 0.3) is 0 Å². The first-order valence-electron chi connectivity index (χ1n) is 7.59. The zero-order valence-electron chi connectivity index (χ0n) is 13.6. The molecule has 0 aromatic rings. The number of aliphatic imine (C=N–C) groups is 1. The maximum Gasteiger partial charge on any atom is 0.223 e. The summed E-state index contributed by atoms with van der Waals surface area (Å²) in [4.78, 5) is 27.2. The van der Waals surface area contributed by atoms with Crippen LogP contribution in [0, 0.1) is 17.8 Å². The van der Waals surface area contributed by atoms with Crippen LogP contribution in [0.15, 0.2) is 4.99 Å². The fraction of sp³-hybridized carbons (Fsp3) is 0.800. The summed E-state index contributed by atoms with van der Waals surface area (Å²) in [6.45, 7) is 8.70. The number of hydrogen-bond acceptors (Lipinski definition) is 3. The largest absolute Gasteiger partial charge is 0.370 e. The van der Waals surface area contributed by atoms with Crippen molar-refractivity contribution in [2.75, 3.05) is 6.54 Å². The van der Waals surface area contributed by atoms with E-state index in [2.05, 4.69) is 24.2 Å². The first-order valence-corrected chi connectivity index (χ1v) is 7.59. The minimum Gasteiger partial charge on any atom is -0.370 e. The number of aldehydes is 1. The molecular formula is C15H30N4O2. The van der Waals surface area contributed by atoms with Gasteiger partial charge in [-0.3, -0.25) is 9.79 Å². The standard InChI is InChI=1S/C15H30N4O2/c1-10(2)8-13(11(3)4)14(21)19-12(9-20)6-5-7-18-15(16)17/h9-13H,5-8H2,1-4H3,(H,19,21)(H4,16,17,18). The molecule has 0 aliphatic carbocycles. The van der Waals surface area contributed by atoms with E-state index in [9.17, 15) is 9.59 Å². The van der Waals surface area contributed by atoms with Crippen molar-refractivity contribution in [3.63, 3.8) is 0 Å². The third kappa shape index (κ3) is 9.05. The van der Waals surface area contributed by atoms with Gasteiger partial charge in [-0.2, -0.15) is 0 Å². The fourth-order valence-corrected chi connectivity index (χ4v) is 2.17. The van der Waals surface area contributed by atoms with Crippen LogP contribution in [0.4, 0.5) is 0 Å². The van der Waals surface area contributed by atoms with Gasteiger partial charge < -0.3 is 21.6 Å². The molecule has 0 saturated heterocycles. The molecule has 122 valence electrons. The average molecular weight is 298 g/mol. The van der Waals surface area contributed by atoms with Crippen LogP contribution in [0.3, 0.4) is 0 Å². The lowest BCUT2D eigenvalue weighted by Gasteiger charge is -2.24. The van der Waals surface area contributed by atoms with Crippen molar-refractivity contribution in [1.82, 2.24) is 5.32 Å². The highest BCUT2D eigenvalue weighted by Crippen LogP contribution is 2.20. The van der Waals surface area contributed by atoms with Gasteiger partial charge in [0.25, 0.3) is 0 Å². The Balaban J connectivity index is 4.40. The van der Waals surface area contributed by atoms with Gasteiger partial charge in [-0.1, -0.05) is 27.7 Å². The summed E-state index contributed by atoms with van der Waals surface area (Å²) in [6, 6.07) is -0.472. The van der Waals surface area contributed by atoms with Gasteiger partial charge in [-0.05, 0) is 31.1 Å². The molecule has 0 aromatic carbocycles. The Kier molecular flexibility index (Phi) is 9.41. The van der Waals surface area contributed by atoms with Crippen LogP contribution in [0.5, 0.6) is 0 Å². The van der Waals surface area contributed by atoms with Crippen LogP contribution >= 0.6 is 0 Å². The zero-order valence-corrected chi connectivity index (χ0v) is 13.6. The summed E-state index contributed by atoms with van der Waals surface area (Å²) in [5, 5.41) is 2.82. The zero-order chi connectivity index (χ0) is 16.4. The normalized spacial score (nSPS) is 13.8. The number of amides is 1. The highest BCUT2D eigenvalue weighted by Gasteiger charge is 2.24. The quantitative estimate of drug-likeness (QED) is 0.242. The summed E-state index contributed by atoms with van der Waals surface area (Å²) in [6.07, 6.45) is 2.79. The van der Waals surface area contributed by atoms with Crippen LogP contribution in [0.2, 0.25) is 0 Å². The van der Waals surface area contributed by atoms with Gasteiger partial charge in [0, 0.05) is 12.5 Å². The topological polar surface area (TPSA) is 111 Å². The Morgan fingerprint density at radius 2 is 1.86 bits per heavy atom. The number of carbonyl (C=O) groups excluding carboxylic acids is 2. The maximum atomic E-state index is 12.3. The number of nitrogens with two attached hydrogens (primary N) is 2. The molecule has 0 fully saturated rings. The van der Waals surface area contributed by atoms with E-state index in [4.69, 9.17) is 11.5 Å². The molecule has 6 heteroatoms. The Morgan fingerprint density at radius 3 is 2.29 bits per heavy atom. The van der Waals surface area contributed by atoms with Crippen molar-refractivity contribution in [1.29, 1.82) is 0 Å². The van der Waals surface area contributed by atoms with Crippen molar-refractivity contribution < 1.29 is 9.59 Å². The second-order valence-corrected chi connectivity index (χ2v) is 6.18. The minimum absolute atomic E-state index is 0.0403. The van der Waals surface area contributed by atoms with Gasteiger partial charge in [0.1, 0.15) is 6.29 Å². The summed E-state index contributed by atoms with van der Waals surface area (Å²) in [5.74, 6) is 0.627. The smallest absolute Gasteiger partial charge is 0.223 e. The molecule has 1 amide bonds. The predicted molar refractivity (Wildman–Crippen MR) is 85.7 cm³/mol. The first-order chi connectivity index (χ1) is 9.77. The third-order valence-electron chi connectivity index (χ3n) is 3.33. The van der Waals surface area contributed by atoms with E-state index in [0.29, 0.717) is 25.3 Å². The average Bonchev–Trinajstić information content (AvgIpc) is 2.38. The van der Waals surface area contributed by atoms with E-state index < -0.39 is 6.04 Å². The lowest BCUT2D eigenvalue weighted by molar-refractivity contribution is -0.129. The van der Waals surface area contributed by atoms with E-state index in [1.54, 1.807) is 0 Å². The maximum absolute atomic E-state index is 12.3. The van der Waals surface area contributed by atoms with E-state index in [-0.39, 0.29) is 23.7 Å². The van der Waals surface area contributed by atoms with Crippen molar-refractivity contribution in [3.05, 3.63) is 0 Å². The van der Waals surface area contributed by atoms with Crippen molar-refractivity contribution in [2.45, 2.75) is 53.0 Å². The number of guanidine groups is 1. The first kappa shape index (κ1) is 19.4. The molecule has 0 saturated carbocycles. The van der Waals surface area contributed by atoms with E-state index >= 15 is 0 Å². The molecule has 0 spiro atoms. The monoisotopic (exact) mass is 298 g/mol. The highest BCUT2D eigenvalue weighted by atomic mass is 16.2. The van der Waals surface area contributed by atoms with Gasteiger partial charge in [0.2, 0.25) is 5.91 Å². The molecule has 0 heterocycles.